The molecule has 0 bridgehead atoms. The predicted octanol–water partition coefficient (Wildman–Crippen LogP) is 2.62. The minimum atomic E-state index is -0.294. The van der Waals surface area contributed by atoms with Gasteiger partial charge in [-0.1, -0.05) is 35.9 Å². The Kier molecular flexibility index (Phi) is 5.12. The number of rotatable bonds is 5. The van der Waals surface area contributed by atoms with E-state index in [0.717, 1.165) is 11.1 Å². The molecule has 2 unspecified atom stereocenters. The number of aromatic nitrogens is 1. The summed E-state index contributed by atoms with van der Waals surface area (Å²) in [5.41, 5.74) is 3.23. The van der Waals surface area contributed by atoms with Gasteiger partial charge >= 0.3 is 0 Å². The fourth-order valence-corrected chi connectivity index (χ4v) is 3.06. The van der Waals surface area contributed by atoms with Crippen molar-refractivity contribution in [3.63, 3.8) is 0 Å². The zero-order valence-corrected chi connectivity index (χ0v) is 14.6. The van der Waals surface area contributed by atoms with E-state index in [-0.39, 0.29) is 30.2 Å². The van der Waals surface area contributed by atoms with Crippen LogP contribution in [0.4, 0.5) is 0 Å². The topological polar surface area (TPSA) is 62.3 Å². The van der Waals surface area contributed by atoms with Crippen molar-refractivity contribution in [1.29, 1.82) is 0 Å². The summed E-state index contributed by atoms with van der Waals surface area (Å²) in [7, 11) is 0. The highest BCUT2D eigenvalue weighted by molar-refractivity contribution is 5.89. The maximum atomic E-state index is 12.5. The number of hydrogen-bond acceptors (Lipinski definition) is 3. The first-order valence-electron chi connectivity index (χ1n) is 8.56. The first kappa shape index (κ1) is 17.1. The standard InChI is InChI=1S/C20H23N3O2/c1-14-5-7-16(8-6-14)12-23-13-18(10-19(23)24)20(25)22-15(2)17-4-3-9-21-11-17/h3-9,11,15,18H,10,12-13H2,1-2H3,(H,22,25). The van der Waals surface area contributed by atoms with Crippen LogP contribution in [0, 0.1) is 12.8 Å². The molecule has 1 saturated heterocycles. The van der Waals surface area contributed by atoms with Gasteiger partial charge in [0, 0.05) is 31.9 Å². The van der Waals surface area contributed by atoms with E-state index in [1.165, 1.54) is 5.56 Å². The second-order valence-electron chi connectivity index (χ2n) is 6.68. The SMILES string of the molecule is Cc1ccc(CN2CC(C(=O)NC(C)c3cccnc3)CC2=O)cc1. The first-order valence-corrected chi connectivity index (χ1v) is 8.56. The molecule has 1 fully saturated rings. The summed E-state index contributed by atoms with van der Waals surface area (Å²) in [6.45, 7) is 4.99. The Morgan fingerprint density at radius 1 is 1.32 bits per heavy atom. The molecule has 1 aromatic heterocycles. The normalized spacial score (nSPS) is 18.2. The molecular formula is C20H23N3O2. The fraction of sp³-hybridized carbons (Fsp3) is 0.350. The van der Waals surface area contributed by atoms with Crippen molar-refractivity contribution in [2.75, 3.05) is 6.54 Å². The zero-order chi connectivity index (χ0) is 17.8. The molecule has 0 aliphatic carbocycles. The van der Waals surface area contributed by atoms with Crippen molar-refractivity contribution < 1.29 is 9.59 Å². The molecule has 1 aliphatic heterocycles. The molecule has 5 nitrogen and oxygen atoms in total. The van der Waals surface area contributed by atoms with Crippen molar-refractivity contribution in [3.8, 4) is 0 Å². The molecule has 0 saturated carbocycles. The summed E-state index contributed by atoms with van der Waals surface area (Å²) < 4.78 is 0. The number of carbonyl (C=O) groups excluding carboxylic acids is 2. The minimum absolute atomic E-state index is 0.0368. The average molecular weight is 337 g/mol. The summed E-state index contributed by atoms with van der Waals surface area (Å²) in [5.74, 6) is -0.331. The number of aryl methyl sites for hydroxylation is 1. The van der Waals surface area contributed by atoms with Crippen LogP contribution in [0.1, 0.15) is 36.1 Å². The molecule has 2 aromatic rings. The van der Waals surface area contributed by atoms with Crippen LogP contribution in [-0.4, -0.2) is 28.2 Å². The number of nitrogens with zero attached hydrogens (tertiary/aromatic N) is 2. The first-order chi connectivity index (χ1) is 12.0. The van der Waals surface area contributed by atoms with E-state index < -0.39 is 0 Å². The van der Waals surface area contributed by atoms with E-state index >= 15 is 0 Å². The van der Waals surface area contributed by atoms with Gasteiger partial charge in [0.25, 0.3) is 0 Å². The molecule has 1 aliphatic rings. The van der Waals surface area contributed by atoms with E-state index in [2.05, 4.69) is 10.3 Å². The molecule has 2 atom stereocenters. The van der Waals surface area contributed by atoms with E-state index in [1.807, 2.05) is 50.2 Å². The average Bonchev–Trinajstić information content (AvgIpc) is 2.98. The number of nitrogens with one attached hydrogen (secondary N) is 1. The lowest BCUT2D eigenvalue weighted by molar-refractivity contribution is -0.129. The lowest BCUT2D eigenvalue weighted by atomic mass is 10.1. The van der Waals surface area contributed by atoms with Crippen molar-refractivity contribution in [1.82, 2.24) is 15.2 Å². The molecule has 25 heavy (non-hydrogen) atoms. The Labute approximate surface area is 148 Å². The summed E-state index contributed by atoms with van der Waals surface area (Å²) in [5, 5.41) is 2.99. The van der Waals surface area contributed by atoms with Crippen LogP contribution < -0.4 is 5.32 Å². The maximum absolute atomic E-state index is 12.5. The Morgan fingerprint density at radius 3 is 2.76 bits per heavy atom. The molecule has 5 heteroatoms. The van der Waals surface area contributed by atoms with Crippen LogP contribution in [-0.2, 0) is 16.1 Å². The zero-order valence-electron chi connectivity index (χ0n) is 14.6. The van der Waals surface area contributed by atoms with Crippen LogP contribution >= 0.6 is 0 Å². The van der Waals surface area contributed by atoms with Gasteiger partial charge in [-0.15, -0.1) is 0 Å². The highest BCUT2D eigenvalue weighted by atomic mass is 16.2. The van der Waals surface area contributed by atoms with E-state index in [0.29, 0.717) is 13.1 Å². The molecule has 2 amide bonds. The van der Waals surface area contributed by atoms with Gasteiger partial charge in [0.05, 0.1) is 12.0 Å². The lowest BCUT2D eigenvalue weighted by Gasteiger charge is -2.18. The summed E-state index contributed by atoms with van der Waals surface area (Å²) >= 11 is 0. The largest absolute Gasteiger partial charge is 0.349 e. The Balaban J connectivity index is 1.58. The Bertz CT molecular complexity index is 743. The van der Waals surface area contributed by atoms with Crippen molar-refractivity contribution in [2.45, 2.75) is 32.9 Å². The molecule has 1 N–H and O–H groups in total. The number of benzene rings is 1. The van der Waals surface area contributed by atoms with Crippen molar-refractivity contribution >= 4 is 11.8 Å². The summed E-state index contributed by atoms with van der Waals surface area (Å²) in [4.78, 5) is 30.6. The number of pyridine rings is 1. The lowest BCUT2D eigenvalue weighted by Crippen LogP contribution is -2.34. The third kappa shape index (κ3) is 4.24. The van der Waals surface area contributed by atoms with Crippen LogP contribution in [0.5, 0.6) is 0 Å². The third-order valence-electron chi connectivity index (χ3n) is 4.62. The Hall–Kier alpha value is -2.69. The fourth-order valence-electron chi connectivity index (χ4n) is 3.06. The quantitative estimate of drug-likeness (QED) is 0.912. The molecule has 1 aromatic carbocycles. The second-order valence-corrected chi connectivity index (χ2v) is 6.68. The van der Waals surface area contributed by atoms with E-state index in [4.69, 9.17) is 0 Å². The molecule has 2 heterocycles. The van der Waals surface area contributed by atoms with Gasteiger partial charge in [-0.3, -0.25) is 14.6 Å². The highest BCUT2D eigenvalue weighted by Crippen LogP contribution is 2.22. The number of likely N-dealkylation sites (tertiary alicyclic amines) is 1. The molecule has 3 rings (SSSR count). The third-order valence-corrected chi connectivity index (χ3v) is 4.62. The van der Waals surface area contributed by atoms with Gasteiger partial charge in [0.2, 0.25) is 11.8 Å². The van der Waals surface area contributed by atoms with Crippen LogP contribution in [0.25, 0.3) is 0 Å². The van der Waals surface area contributed by atoms with E-state index in [9.17, 15) is 9.59 Å². The minimum Gasteiger partial charge on any atom is -0.349 e. The van der Waals surface area contributed by atoms with Crippen molar-refractivity contribution in [2.24, 2.45) is 5.92 Å². The monoisotopic (exact) mass is 337 g/mol. The van der Waals surface area contributed by atoms with Crippen LogP contribution in [0.2, 0.25) is 0 Å². The number of carbonyl (C=O) groups is 2. The number of hydrogen-bond donors (Lipinski definition) is 1. The van der Waals surface area contributed by atoms with Crippen LogP contribution in [0.3, 0.4) is 0 Å². The van der Waals surface area contributed by atoms with Gasteiger partial charge in [0.1, 0.15) is 0 Å². The smallest absolute Gasteiger partial charge is 0.225 e. The van der Waals surface area contributed by atoms with Gasteiger partial charge < -0.3 is 10.2 Å². The molecule has 0 spiro atoms. The molecule has 130 valence electrons. The molecular weight excluding hydrogens is 314 g/mol. The van der Waals surface area contributed by atoms with E-state index in [1.54, 1.807) is 17.3 Å². The highest BCUT2D eigenvalue weighted by Gasteiger charge is 2.34. The van der Waals surface area contributed by atoms with Crippen molar-refractivity contribution in [3.05, 3.63) is 65.5 Å². The maximum Gasteiger partial charge on any atom is 0.225 e. The Morgan fingerprint density at radius 2 is 2.08 bits per heavy atom. The van der Waals surface area contributed by atoms with Gasteiger partial charge in [-0.25, -0.2) is 0 Å². The summed E-state index contributed by atoms with van der Waals surface area (Å²) in [6.07, 6.45) is 3.72. The van der Waals surface area contributed by atoms with Gasteiger partial charge in [-0.05, 0) is 31.0 Å². The molecule has 0 radical (unpaired) electrons. The second kappa shape index (κ2) is 7.47. The number of amides is 2. The van der Waals surface area contributed by atoms with Gasteiger partial charge in [-0.2, -0.15) is 0 Å². The van der Waals surface area contributed by atoms with Crippen LogP contribution in [0.15, 0.2) is 48.8 Å². The summed E-state index contributed by atoms with van der Waals surface area (Å²) in [6, 6.07) is 11.8. The van der Waals surface area contributed by atoms with Gasteiger partial charge in [0.15, 0.2) is 0 Å². The predicted molar refractivity (Wildman–Crippen MR) is 95.5 cm³/mol.